The molecular weight excluding hydrogens is 381 g/mol. The Balaban J connectivity index is 1.65. The normalized spacial score (nSPS) is 12.0. The van der Waals surface area contributed by atoms with Gasteiger partial charge >= 0.3 is 0 Å². The number of aryl methyl sites for hydroxylation is 1. The highest BCUT2D eigenvalue weighted by Crippen LogP contribution is 2.18. The van der Waals surface area contributed by atoms with E-state index in [2.05, 4.69) is 4.90 Å². The molecule has 0 saturated heterocycles. The molecule has 0 aliphatic rings. The van der Waals surface area contributed by atoms with E-state index in [9.17, 15) is 9.50 Å². The number of aliphatic hydroxyl groups is 1. The van der Waals surface area contributed by atoms with Crippen molar-refractivity contribution in [2.45, 2.75) is 26.1 Å². The van der Waals surface area contributed by atoms with Crippen LogP contribution in [0.3, 0.4) is 0 Å². The number of benzene rings is 3. The number of ether oxygens (including phenoxy) is 2. The Bertz CT molecular complexity index is 912. The first-order chi connectivity index (χ1) is 14.5. The molecule has 158 valence electrons. The second-order valence-corrected chi connectivity index (χ2v) is 7.37. The molecule has 1 atom stereocenters. The standard InChI is InChI=1S/C25H28FNO3/c1-19-5-3-4-6-25(19)30-18-23(28)17-27(15-20-7-11-22(26)12-8-20)16-21-9-13-24(29-2)14-10-21/h3-14,23,28H,15-18H2,1-2H3/t23-/m1/s1. The van der Waals surface area contributed by atoms with Crippen LogP contribution >= 0.6 is 0 Å². The van der Waals surface area contributed by atoms with Gasteiger partial charge in [0.15, 0.2) is 0 Å². The number of methoxy groups -OCH3 is 1. The van der Waals surface area contributed by atoms with Gasteiger partial charge in [-0.25, -0.2) is 4.39 Å². The second-order valence-electron chi connectivity index (χ2n) is 7.37. The van der Waals surface area contributed by atoms with Crippen molar-refractivity contribution in [3.63, 3.8) is 0 Å². The third kappa shape index (κ3) is 6.58. The second kappa shape index (κ2) is 10.8. The van der Waals surface area contributed by atoms with E-state index in [0.717, 1.165) is 28.2 Å². The van der Waals surface area contributed by atoms with Crippen LogP contribution < -0.4 is 9.47 Å². The molecule has 0 spiro atoms. The summed E-state index contributed by atoms with van der Waals surface area (Å²) in [5.74, 6) is 1.32. The largest absolute Gasteiger partial charge is 0.497 e. The lowest BCUT2D eigenvalue weighted by Crippen LogP contribution is -2.35. The molecule has 0 fully saturated rings. The predicted octanol–water partition coefficient (Wildman–Crippen LogP) is 4.58. The van der Waals surface area contributed by atoms with Gasteiger partial charge in [0.1, 0.15) is 30.0 Å². The molecule has 0 radical (unpaired) electrons. The van der Waals surface area contributed by atoms with Gasteiger partial charge in [0.05, 0.1) is 7.11 Å². The van der Waals surface area contributed by atoms with Gasteiger partial charge < -0.3 is 14.6 Å². The van der Waals surface area contributed by atoms with Gasteiger partial charge in [-0.2, -0.15) is 0 Å². The summed E-state index contributed by atoms with van der Waals surface area (Å²) in [5.41, 5.74) is 3.12. The molecule has 3 aromatic carbocycles. The van der Waals surface area contributed by atoms with Crippen LogP contribution in [0.5, 0.6) is 11.5 Å². The average Bonchev–Trinajstić information content (AvgIpc) is 2.75. The minimum atomic E-state index is -0.664. The summed E-state index contributed by atoms with van der Waals surface area (Å²) in [6, 6.07) is 22.1. The summed E-state index contributed by atoms with van der Waals surface area (Å²) >= 11 is 0. The van der Waals surface area contributed by atoms with Gasteiger partial charge in [0.25, 0.3) is 0 Å². The van der Waals surface area contributed by atoms with Crippen molar-refractivity contribution < 1.29 is 19.0 Å². The zero-order valence-corrected chi connectivity index (χ0v) is 17.4. The van der Waals surface area contributed by atoms with Crippen molar-refractivity contribution in [1.29, 1.82) is 0 Å². The highest BCUT2D eigenvalue weighted by molar-refractivity contribution is 5.31. The Morgan fingerprint density at radius 1 is 0.900 bits per heavy atom. The first kappa shape index (κ1) is 21.8. The molecule has 0 aliphatic heterocycles. The molecule has 0 aliphatic carbocycles. The Hall–Kier alpha value is -2.89. The predicted molar refractivity (Wildman–Crippen MR) is 116 cm³/mol. The molecule has 3 aromatic rings. The van der Waals surface area contributed by atoms with Crippen molar-refractivity contribution in [2.24, 2.45) is 0 Å². The van der Waals surface area contributed by atoms with E-state index in [4.69, 9.17) is 9.47 Å². The molecule has 30 heavy (non-hydrogen) atoms. The molecular formula is C25H28FNO3. The maximum Gasteiger partial charge on any atom is 0.123 e. The Morgan fingerprint density at radius 2 is 1.50 bits per heavy atom. The molecule has 0 amide bonds. The van der Waals surface area contributed by atoms with Crippen LogP contribution in [0.15, 0.2) is 72.8 Å². The van der Waals surface area contributed by atoms with Crippen LogP contribution in [0.4, 0.5) is 4.39 Å². The van der Waals surface area contributed by atoms with Crippen LogP contribution in [0.2, 0.25) is 0 Å². The summed E-state index contributed by atoms with van der Waals surface area (Å²) in [7, 11) is 1.64. The zero-order valence-electron chi connectivity index (χ0n) is 17.4. The number of para-hydroxylation sites is 1. The molecule has 0 heterocycles. The van der Waals surface area contributed by atoms with Crippen LogP contribution in [-0.4, -0.2) is 36.4 Å². The van der Waals surface area contributed by atoms with Crippen LogP contribution in [0.1, 0.15) is 16.7 Å². The van der Waals surface area contributed by atoms with Gasteiger partial charge in [-0.15, -0.1) is 0 Å². The van der Waals surface area contributed by atoms with Gasteiger partial charge in [-0.3, -0.25) is 4.90 Å². The highest BCUT2D eigenvalue weighted by Gasteiger charge is 2.15. The summed E-state index contributed by atoms with van der Waals surface area (Å²) in [6.45, 7) is 3.84. The van der Waals surface area contributed by atoms with Gasteiger partial charge in [-0.1, -0.05) is 42.5 Å². The molecule has 4 nitrogen and oxygen atoms in total. The van der Waals surface area contributed by atoms with Gasteiger partial charge in [-0.05, 0) is 53.9 Å². The molecule has 0 aromatic heterocycles. The number of nitrogens with zero attached hydrogens (tertiary/aromatic N) is 1. The van der Waals surface area contributed by atoms with Crippen LogP contribution in [0, 0.1) is 12.7 Å². The van der Waals surface area contributed by atoms with Crippen LogP contribution in [-0.2, 0) is 13.1 Å². The SMILES string of the molecule is COc1ccc(CN(Cc2ccc(F)cc2)C[C@@H](O)COc2ccccc2C)cc1. The van der Waals surface area contributed by atoms with E-state index in [1.807, 2.05) is 55.5 Å². The number of hydrogen-bond acceptors (Lipinski definition) is 4. The quantitative estimate of drug-likeness (QED) is 0.532. The first-order valence-corrected chi connectivity index (χ1v) is 9.99. The number of aliphatic hydroxyl groups excluding tert-OH is 1. The van der Waals surface area contributed by atoms with Crippen molar-refractivity contribution in [1.82, 2.24) is 4.90 Å². The Kier molecular flexibility index (Phi) is 7.82. The highest BCUT2D eigenvalue weighted by atomic mass is 19.1. The molecule has 3 rings (SSSR count). The van der Waals surface area contributed by atoms with E-state index < -0.39 is 6.10 Å². The molecule has 0 unspecified atom stereocenters. The fraction of sp³-hybridized carbons (Fsp3) is 0.280. The lowest BCUT2D eigenvalue weighted by Gasteiger charge is -2.25. The van der Waals surface area contributed by atoms with E-state index in [1.54, 1.807) is 19.2 Å². The van der Waals surface area contributed by atoms with E-state index in [-0.39, 0.29) is 12.4 Å². The molecule has 0 saturated carbocycles. The maximum absolute atomic E-state index is 13.3. The maximum atomic E-state index is 13.3. The third-order valence-corrected chi connectivity index (χ3v) is 4.88. The van der Waals surface area contributed by atoms with Gasteiger partial charge in [0, 0.05) is 19.6 Å². The Labute approximate surface area is 177 Å². The number of halogens is 1. The van der Waals surface area contributed by atoms with E-state index in [0.29, 0.717) is 19.6 Å². The summed E-state index contributed by atoms with van der Waals surface area (Å²) < 4.78 is 24.3. The summed E-state index contributed by atoms with van der Waals surface area (Å²) in [5, 5.41) is 10.6. The smallest absolute Gasteiger partial charge is 0.123 e. The van der Waals surface area contributed by atoms with Crippen molar-refractivity contribution in [3.8, 4) is 11.5 Å². The molecule has 5 heteroatoms. The average molecular weight is 410 g/mol. The number of hydrogen-bond donors (Lipinski definition) is 1. The third-order valence-electron chi connectivity index (χ3n) is 4.88. The lowest BCUT2D eigenvalue weighted by atomic mass is 10.1. The number of rotatable bonds is 10. The van der Waals surface area contributed by atoms with Crippen molar-refractivity contribution in [2.75, 3.05) is 20.3 Å². The van der Waals surface area contributed by atoms with E-state index >= 15 is 0 Å². The monoisotopic (exact) mass is 409 g/mol. The van der Waals surface area contributed by atoms with Gasteiger partial charge in [0.2, 0.25) is 0 Å². The van der Waals surface area contributed by atoms with Crippen molar-refractivity contribution >= 4 is 0 Å². The first-order valence-electron chi connectivity index (χ1n) is 9.99. The summed E-state index contributed by atoms with van der Waals surface area (Å²) in [4.78, 5) is 2.13. The fourth-order valence-corrected chi connectivity index (χ4v) is 3.28. The Morgan fingerprint density at radius 3 is 2.10 bits per heavy atom. The fourth-order valence-electron chi connectivity index (χ4n) is 3.28. The molecule has 1 N–H and O–H groups in total. The van der Waals surface area contributed by atoms with E-state index in [1.165, 1.54) is 12.1 Å². The van der Waals surface area contributed by atoms with Crippen molar-refractivity contribution in [3.05, 3.63) is 95.3 Å². The zero-order chi connectivity index (χ0) is 21.3. The minimum absolute atomic E-state index is 0.202. The lowest BCUT2D eigenvalue weighted by molar-refractivity contribution is 0.0626. The van der Waals surface area contributed by atoms with Crippen LogP contribution in [0.25, 0.3) is 0 Å². The molecule has 0 bridgehead atoms. The summed E-state index contributed by atoms with van der Waals surface area (Å²) in [6.07, 6.45) is -0.664. The topological polar surface area (TPSA) is 41.9 Å². The minimum Gasteiger partial charge on any atom is -0.497 e.